The van der Waals surface area contributed by atoms with E-state index in [0.29, 0.717) is 10.2 Å². The molecule has 0 aliphatic carbocycles. The van der Waals surface area contributed by atoms with Crippen molar-refractivity contribution in [3.63, 3.8) is 0 Å². The van der Waals surface area contributed by atoms with Crippen LogP contribution >= 0.6 is 22.9 Å². The third kappa shape index (κ3) is 3.91. The molecule has 0 atom stereocenters. The Morgan fingerprint density at radius 1 is 1.32 bits per heavy atom. The van der Waals surface area contributed by atoms with E-state index in [1.54, 1.807) is 18.2 Å². The van der Waals surface area contributed by atoms with Crippen molar-refractivity contribution >= 4 is 40.1 Å². The zero-order valence-corrected chi connectivity index (χ0v) is 12.2. The maximum atomic E-state index is 11.7. The second-order valence-corrected chi connectivity index (χ2v) is 5.67. The van der Waals surface area contributed by atoms with Gasteiger partial charge in [-0.25, -0.2) is 4.98 Å². The highest BCUT2D eigenvalue weighted by molar-refractivity contribution is 7.15. The van der Waals surface area contributed by atoms with Crippen LogP contribution in [-0.4, -0.2) is 10.9 Å². The van der Waals surface area contributed by atoms with Gasteiger partial charge < -0.3 is 0 Å². The Hall–Kier alpha value is -1.65. The lowest BCUT2D eigenvalue weighted by Crippen LogP contribution is -2.07. The van der Waals surface area contributed by atoms with Crippen molar-refractivity contribution in [2.75, 3.05) is 5.32 Å². The summed E-state index contributed by atoms with van der Waals surface area (Å²) in [7, 11) is 0. The van der Waals surface area contributed by atoms with Gasteiger partial charge in [-0.1, -0.05) is 23.7 Å². The number of anilines is 1. The molecule has 1 heterocycles. The number of aryl methyl sites for hydroxylation is 2. The highest BCUT2D eigenvalue weighted by Crippen LogP contribution is 2.21. The molecule has 0 saturated heterocycles. The van der Waals surface area contributed by atoms with Gasteiger partial charge in [-0.05, 0) is 37.6 Å². The molecular formula is C14H13ClN2OS. The van der Waals surface area contributed by atoms with Gasteiger partial charge in [-0.2, -0.15) is 0 Å². The van der Waals surface area contributed by atoms with Crippen LogP contribution in [0, 0.1) is 13.8 Å². The number of halogens is 1. The quantitative estimate of drug-likeness (QED) is 0.867. The van der Waals surface area contributed by atoms with Crippen molar-refractivity contribution in [3.8, 4) is 0 Å². The number of carbonyl (C=O) groups is 1. The van der Waals surface area contributed by atoms with Gasteiger partial charge in [0.1, 0.15) is 0 Å². The number of hydrogen-bond acceptors (Lipinski definition) is 3. The van der Waals surface area contributed by atoms with Crippen molar-refractivity contribution in [3.05, 3.63) is 51.5 Å². The van der Waals surface area contributed by atoms with Crippen LogP contribution in [0.5, 0.6) is 0 Å². The Labute approximate surface area is 120 Å². The SMILES string of the molecule is Cc1nc(NC(=O)C=Cc2ccc(Cl)cc2)sc1C. The van der Waals surface area contributed by atoms with Crippen LogP contribution in [-0.2, 0) is 4.79 Å². The Bertz CT molecular complexity index is 597. The van der Waals surface area contributed by atoms with E-state index in [4.69, 9.17) is 11.6 Å². The van der Waals surface area contributed by atoms with Crippen molar-refractivity contribution in [2.24, 2.45) is 0 Å². The zero-order chi connectivity index (χ0) is 13.8. The van der Waals surface area contributed by atoms with E-state index < -0.39 is 0 Å². The van der Waals surface area contributed by atoms with Gasteiger partial charge in [0.2, 0.25) is 5.91 Å². The van der Waals surface area contributed by atoms with Crippen molar-refractivity contribution < 1.29 is 4.79 Å². The van der Waals surface area contributed by atoms with E-state index in [0.717, 1.165) is 16.1 Å². The van der Waals surface area contributed by atoms with Crippen LogP contribution in [0.3, 0.4) is 0 Å². The molecular weight excluding hydrogens is 280 g/mol. The lowest BCUT2D eigenvalue weighted by atomic mass is 10.2. The first-order valence-corrected chi connectivity index (χ1v) is 6.93. The number of amides is 1. The summed E-state index contributed by atoms with van der Waals surface area (Å²) in [6.45, 7) is 3.90. The molecule has 2 rings (SSSR count). The predicted octanol–water partition coefficient (Wildman–Crippen LogP) is 4.07. The number of thiazole rings is 1. The highest BCUT2D eigenvalue weighted by atomic mass is 35.5. The summed E-state index contributed by atoms with van der Waals surface area (Å²) < 4.78 is 0. The summed E-state index contributed by atoms with van der Waals surface area (Å²) in [5, 5.41) is 4.04. The molecule has 0 aliphatic heterocycles. The smallest absolute Gasteiger partial charge is 0.250 e. The summed E-state index contributed by atoms with van der Waals surface area (Å²) >= 11 is 7.26. The van der Waals surface area contributed by atoms with Gasteiger partial charge in [-0.3, -0.25) is 10.1 Å². The van der Waals surface area contributed by atoms with Gasteiger partial charge in [0, 0.05) is 16.0 Å². The Morgan fingerprint density at radius 2 is 2.00 bits per heavy atom. The fraction of sp³-hybridized carbons (Fsp3) is 0.143. The van der Waals surface area contributed by atoms with Gasteiger partial charge in [0.05, 0.1) is 5.69 Å². The fourth-order valence-electron chi connectivity index (χ4n) is 1.42. The molecule has 2 aromatic rings. The first-order chi connectivity index (χ1) is 9.04. The van der Waals surface area contributed by atoms with Gasteiger partial charge >= 0.3 is 0 Å². The summed E-state index contributed by atoms with van der Waals surface area (Å²) in [4.78, 5) is 17.1. The molecule has 19 heavy (non-hydrogen) atoms. The third-order valence-corrected chi connectivity index (χ3v) is 3.80. The van der Waals surface area contributed by atoms with Crippen molar-refractivity contribution in [2.45, 2.75) is 13.8 Å². The molecule has 3 nitrogen and oxygen atoms in total. The number of aromatic nitrogens is 1. The highest BCUT2D eigenvalue weighted by Gasteiger charge is 2.05. The molecule has 0 unspecified atom stereocenters. The van der Waals surface area contributed by atoms with Crippen LogP contribution in [0.15, 0.2) is 30.3 Å². The maximum absolute atomic E-state index is 11.7. The van der Waals surface area contributed by atoms with E-state index in [-0.39, 0.29) is 5.91 Å². The lowest BCUT2D eigenvalue weighted by Gasteiger charge is -1.96. The van der Waals surface area contributed by atoms with Crippen LogP contribution in [0.1, 0.15) is 16.1 Å². The summed E-state index contributed by atoms with van der Waals surface area (Å²) in [6.07, 6.45) is 3.22. The molecule has 0 aliphatic rings. The normalized spacial score (nSPS) is 10.9. The molecule has 0 spiro atoms. The minimum absolute atomic E-state index is 0.191. The number of benzene rings is 1. The predicted molar refractivity (Wildman–Crippen MR) is 80.7 cm³/mol. The van der Waals surface area contributed by atoms with E-state index in [9.17, 15) is 4.79 Å². The van der Waals surface area contributed by atoms with E-state index in [1.165, 1.54) is 17.4 Å². The topological polar surface area (TPSA) is 42.0 Å². The Kier molecular flexibility index (Phi) is 4.35. The molecule has 1 aromatic carbocycles. The molecule has 1 N–H and O–H groups in total. The fourth-order valence-corrected chi connectivity index (χ4v) is 2.36. The minimum atomic E-state index is -0.191. The van der Waals surface area contributed by atoms with Gasteiger partial charge in [-0.15, -0.1) is 11.3 Å². The van der Waals surface area contributed by atoms with Gasteiger partial charge in [0.25, 0.3) is 0 Å². The number of nitrogens with zero attached hydrogens (tertiary/aromatic N) is 1. The Morgan fingerprint density at radius 3 is 2.58 bits per heavy atom. The number of nitrogens with one attached hydrogen (secondary N) is 1. The summed E-state index contributed by atoms with van der Waals surface area (Å²) in [5.74, 6) is -0.191. The van der Waals surface area contributed by atoms with Crippen LogP contribution in [0.25, 0.3) is 6.08 Å². The van der Waals surface area contributed by atoms with Crippen LogP contribution in [0.4, 0.5) is 5.13 Å². The minimum Gasteiger partial charge on any atom is -0.298 e. The second kappa shape index (κ2) is 5.99. The summed E-state index contributed by atoms with van der Waals surface area (Å²) in [6, 6.07) is 7.27. The third-order valence-electron chi connectivity index (χ3n) is 2.56. The molecule has 0 bridgehead atoms. The standard InChI is InChI=1S/C14H13ClN2OS/c1-9-10(2)19-14(16-9)17-13(18)8-5-11-3-6-12(15)7-4-11/h3-8H,1-2H3,(H,16,17,18). The first kappa shape index (κ1) is 13.8. The van der Waals surface area contributed by atoms with Crippen LogP contribution < -0.4 is 5.32 Å². The Balaban J connectivity index is 1.99. The van der Waals surface area contributed by atoms with E-state index >= 15 is 0 Å². The zero-order valence-electron chi connectivity index (χ0n) is 10.6. The van der Waals surface area contributed by atoms with Gasteiger partial charge in [0.15, 0.2) is 5.13 Å². The number of hydrogen-bond donors (Lipinski definition) is 1. The summed E-state index contributed by atoms with van der Waals surface area (Å²) in [5.41, 5.74) is 1.87. The molecule has 5 heteroatoms. The first-order valence-electron chi connectivity index (χ1n) is 5.73. The molecule has 1 amide bonds. The van der Waals surface area contributed by atoms with Crippen molar-refractivity contribution in [1.29, 1.82) is 0 Å². The largest absolute Gasteiger partial charge is 0.298 e. The molecule has 1 aromatic heterocycles. The van der Waals surface area contributed by atoms with Crippen LogP contribution in [0.2, 0.25) is 5.02 Å². The lowest BCUT2D eigenvalue weighted by molar-refractivity contribution is -0.111. The van der Waals surface area contributed by atoms with E-state index in [2.05, 4.69) is 10.3 Å². The molecule has 98 valence electrons. The number of carbonyl (C=O) groups excluding carboxylic acids is 1. The molecule has 0 saturated carbocycles. The molecule has 0 fully saturated rings. The van der Waals surface area contributed by atoms with E-state index in [1.807, 2.05) is 26.0 Å². The number of rotatable bonds is 3. The average molecular weight is 293 g/mol. The average Bonchev–Trinajstić information content (AvgIpc) is 2.67. The van der Waals surface area contributed by atoms with Crippen molar-refractivity contribution in [1.82, 2.24) is 4.98 Å². The molecule has 0 radical (unpaired) electrons. The second-order valence-electron chi connectivity index (χ2n) is 4.03. The maximum Gasteiger partial charge on any atom is 0.250 e. The monoisotopic (exact) mass is 292 g/mol.